The number of hydrogen-bond donors (Lipinski definition) is 0. The highest BCUT2D eigenvalue weighted by molar-refractivity contribution is 5.95. The minimum Gasteiger partial charge on any atom is -0.456 e. The molecule has 7 nitrogen and oxygen atoms in total. The molecule has 1 unspecified atom stereocenters. The van der Waals surface area contributed by atoms with E-state index < -0.39 is 23.1 Å². The summed E-state index contributed by atoms with van der Waals surface area (Å²) in [6, 6.07) is 6.37. The number of methoxy groups -OCH3 is 1. The molecule has 0 amide bonds. The lowest BCUT2D eigenvalue weighted by Crippen LogP contribution is -2.30. The van der Waals surface area contributed by atoms with Gasteiger partial charge < -0.3 is 23.7 Å². The van der Waals surface area contributed by atoms with Gasteiger partial charge in [-0.3, -0.25) is 0 Å². The molecular weight excluding hydrogens is 376 g/mol. The van der Waals surface area contributed by atoms with Gasteiger partial charge in [0.05, 0.1) is 30.9 Å². The van der Waals surface area contributed by atoms with Gasteiger partial charge in [-0.25, -0.2) is 9.59 Å². The van der Waals surface area contributed by atoms with Gasteiger partial charge in [0, 0.05) is 26.6 Å². The van der Waals surface area contributed by atoms with Gasteiger partial charge >= 0.3 is 11.9 Å². The lowest BCUT2D eigenvalue weighted by Gasteiger charge is -2.26. The summed E-state index contributed by atoms with van der Waals surface area (Å²) in [5.41, 5.74) is -0.762. The van der Waals surface area contributed by atoms with Gasteiger partial charge in [0.25, 0.3) is 0 Å². The van der Waals surface area contributed by atoms with Crippen LogP contribution in [0.15, 0.2) is 24.3 Å². The maximum absolute atomic E-state index is 12.6. The Kier molecular flexibility index (Phi) is 8.19. The van der Waals surface area contributed by atoms with Gasteiger partial charge in [-0.1, -0.05) is 6.07 Å². The van der Waals surface area contributed by atoms with Crippen molar-refractivity contribution in [2.24, 2.45) is 0 Å². The Balaban J connectivity index is 1.90. The molecule has 2 rings (SSSR count). The van der Waals surface area contributed by atoms with Crippen molar-refractivity contribution in [1.29, 1.82) is 0 Å². The number of rotatable bonds is 12. The molecule has 1 fully saturated rings. The van der Waals surface area contributed by atoms with Gasteiger partial charge in [-0.05, 0) is 45.9 Å². The van der Waals surface area contributed by atoms with Crippen molar-refractivity contribution in [3.63, 3.8) is 0 Å². The highest BCUT2D eigenvalue weighted by Crippen LogP contribution is 2.21. The summed E-state index contributed by atoms with van der Waals surface area (Å²) in [4.78, 5) is 25.0. The Morgan fingerprint density at radius 1 is 1.00 bits per heavy atom. The first-order valence-electron chi connectivity index (χ1n) is 9.87. The summed E-state index contributed by atoms with van der Waals surface area (Å²) < 4.78 is 26.8. The molecule has 29 heavy (non-hydrogen) atoms. The third-order valence-electron chi connectivity index (χ3n) is 4.53. The Hall–Kier alpha value is -1.96. The summed E-state index contributed by atoms with van der Waals surface area (Å²) in [5, 5.41) is 0. The molecule has 0 N–H and O–H groups in total. The van der Waals surface area contributed by atoms with Crippen LogP contribution in [0, 0.1) is 0 Å². The maximum atomic E-state index is 12.6. The lowest BCUT2D eigenvalue weighted by atomic mass is 10.0. The Bertz CT molecular complexity index is 692. The highest BCUT2D eigenvalue weighted by atomic mass is 16.6. The van der Waals surface area contributed by atoms with Crippen LogP contribution in [0.4, 0.5) is 0 Å². The van der Waals surface area contributed by atoms with Crippen LogP contribution in [-0.2, 0) is 23.7 Å². The molecule has 1 heterocycles. The Morgan fingerprint density at radius 2 is 1.52 bits per heavy atom. The van der Waals surface area contributed by atoms with Crippen molar-refractivity contribution in [3.05, 3.63) is 35.4 Å². The zero-order valence-corrected chi connectivity index (χ0v) is 18.0. The Labute approximate surface area is 172 Å². The predicted octanol–water partition coefficient (Wildman–Crippen LogP) is 3.40. The molecule has 0 spiro atoms. The van der Waals surface area contributed by atoms with Gasteiger partial charge in [0.15, 0.2) is 0 Å². The van der Waals surface area contributed by atoms with Gasteiger partial charge in [0.1, 0.15) is 17.3 Å². The molecule has 1 saturated heterocycles. The standard InChI is InChI=1S/C22H32O7/c1-21(2,9-11-25-5)28-19(23)16-7-6-8-17(13-16)20(24)29-22(3,4)10-12-26-14-18-15-27-18/h6-8,13,18H,9-12,14-15H2,1-5H3. The minimum absolute atomic E-state index is 0.211. The molecule has 1 aliphatic heterocycles. The SMILES string of the molecule is COCCC(C)(C)OC(=O)c1cccc(C(=O)OC(C)(C)CCOCC2CO2)c1. The van der Waals surface area contributed by atoms with Gasteiger partial charge in [-0.15, -0.1) is 0 Å². The second-order valence-corrected chi connectivity index (χ2v) is 8.40. The molecule has 0 saturated carbocycles. The van der Waals surface area contributed by atoms with E-state index in [1.807, 2.05) is 27.7 Å². The zero-order chi connectivity index (χ0) is 21.5. The van der Waals surface area contributed by atoms with Crippen molar-refractivity contribution >= 4 is 11.9 Å². The largest absolute Gasteiger partial charge is 0.456 e. The average molecular weight is 408 g/mol. The van der Waals surface area contributed by atoms with E-state index in [0.29, 0.717) is 43.8 Å². The third kappa shape index (κ3) is 8.51. The third-order valence-corrected chi connectivity index (χ3v) is 4.53. The van der Waals surface area contributed by atoms with Gasteiger partial charge in [-0.2, -0.15) is 0 Å². The smallest absolute Gasteiger partial charge is 0.338 e. The van der Waals surface area contributed by atoms with E-state index in [4.69, 9.17) is 23.7 Å². The van der Waals surface area contributed by atoms with E-state index in [1.165, 1.54) is 6.07 Å². The molecule has 1 aromatic rings. The summed E-state index contributed by atoms with van der Waals surface area (Å²) in [7, 11) is 1.60. The molecule has 0 bridgehead atoms. The van der Waals surface area contributed by atoms with Crippen LogP contribution in [0.5, 0.6) is 0 Å². The molecule has 0 aromatic heterocycles. The minimum atomic E-state index is -0.694. The molecule has 0 aliphatic carbocycles. The van der Waals surface area contributed by atoms with Crippen LogP contribution >= 0.6 is 0 Å². The van der Waals surface area contributed by atoms with Crippen molar-refractivity contribution in [3.8, 4) is 0 Å². The van der Waals surface area contributed by atoms with E-state index in [9.17, 15) is 9.59 Å². The second kappa shape index (κ2) is 10.2. The molecule has 1 atom stereocenters. The van der Waals surface area contributed by atoms with E-state index in [1.54, 1.807) is 25.3 Å². The first-order valence-corrected chi connectivity index (χ1v) is 9.87. The van der Waals surface area contributed by atoms with Crippen LogP contribution in [0.25, 0.3) is 0 Å². The number of ether oxygens (including phenoxy) is 5. The fraction of sp³-hybridized carbons (Fsp3) is 0.636. The van der Waals surface area contributed by atoms with Crippen molar-refractivity contribution < 1.29 is 33.3 Å². The molecule has 1 aromatic carbocycles. The normalized spacial score (nSPS) is 16.4. The summed E-state index contributed by atoms with van der Waals surface area (Å²) >= 11 is 0. The summed E-state index contributed by atoms with van der Waals surface area (Å²) in [5.74, 6) is -0.982. The molecule has 0 radical (unpaired) electrons. The topological polar surface area (TPSA) is 83.6 Å². The second-order valence-electron chi connectivity index (χ2n) is 8.40. The number of benzene rings is 1. The Morgan fingerprint density at radius 3 is 2.00 bits per heavy atom. The van der Waals surface area contributed by atoms with E-state index in [0.717, 1.165) is 6.61 Å². The van der Waals surface area contributed by atoms with E-state index in [2.05, 4.69) is 0 Å². The summed E-state index contributed by atoms with van der Waals surface area (Å²) in [6.07, 6.45) is 1.34. The van der Waals surface area contributed by atoms with Crippen LogP contribution in [-0.4, -0.2) is 62.8 Å². The highest BCUT2D eigenvalue weighted by Gasteiger charge is 2.27. The number of carbonyl (C=O) groups excluding carboxylic acids is 2. The fourth-order valence-corrected chi connectivity index (χ4v) is 2.54. The number of esters is 2. The van der Waals surface area contributed by atoms with Crippen molar-refractivity contribution in [2.75, 3.05) is 33.5 Å². The maximum Gasteiger partial charge on any atom is 0.338 e. The van der Waals surface area contributed by atoms with Crippen molar-refractivity contribution in [2.45, 2.75) is 57.8 Å². The molecular formula is C22H32O7. The first-order chi connectivity index (χ1) is 13.6. The van der Waals surface area contributed by atoms with Crippen molar-refractivity contribution in [1.82, 2.24) is 0 Å². The predicted molar refractivity (Wildman–Crippen MR) is 107 cm³/mol. The fourth-order valence-electron chi connectivity index (χ4n) is 2.54. The molecule has 7 heteroatoms. The lowest BCUT2D eigenvalue weighted by molar-refractivity contribution is -0.0185. The van der Waals surface area contributed by atoms with E-state index in [-0.39, 0.29) is 6.10 Å². The zero-order valence-electron chi connectivity index (χ0n) is 18.0. The van der Waals surface area contributed by atoms with Crippen LogP contribution in [0.3, 0.4) is 0 Å². The van der Waals surface area contributed by atoms with Gasteiger partial charge in [0.2, 0.25) is 0 Å². The number of carbonyl (C=O) groups is 2. The number of hydrogen-bond acceptors (Lipinski definition) is 7. The molecule has 162 valence electrons. The number of epoxide rings is 1. The average Bonchev–Trinajstić information content (AvgIpc) is 3.47. The monoisotopic (exact) mass is 408 g/mol. The van der Waals surface area contributed by atoms with Crippen LogP contribution in [0.1, 0.15) is 61.3 Å². The quantitative estimate of drug-likeness (QED) is 0.298. The molecule has 1 aliphatic rings. The van der Waals surface area contributed by atoms with Crippen LogP contribution in [0.2, 0.25) is 0 Å². The van der Waals surface area contributed by atoms with Crippen LogP contribution < -0.4 is 0 Å². The summed E-state index contributed by atoms with van der Waals surface area (Å²) in [6.45, 7) is 9.58. The first kappa shape index (κ1) is 23.3. The van der Waals surface area contributed by atoms with E-state index >= 15 is 0 Å².